The molecule has 5 aliphatic rings. The van der Waals surface area contributed by atoms with Crippen LogP contribution in [0.2, 0.25) is 0 Å². The molecule has 0 fully saturated rings. The van der Waals surface area contributed by atoms with Crippen molar-refractivity contribution in [3.63, 3.8) is 0 Å². The number of nitrogens with one attached hydrogen (secondary N) is 3. The molecule has 0 unspecified atom stereocenters. The van der Waals surface area contributed by atoms with E-state index in [0.717, 1.165) is 98.8 Å². The first-order valence-corrected chi connectivity index (χ1v) is 21.6. The zero-order valence-corrected chi connectivity index (χ0v) is 39.9. The summed E-state index contributed by atoms with van der Waals surface area (Å²) in [6, 6.07) is 28.3. The molecular weight excluding hydrogens is 935 g/mol. The maximum Gasteiger partial charge on any atom is 1.00 e. The van der Waals surface area contributed by atoms with Crippen LogP contribution in [0.25, 0.3) is 0 Å². The van der Waals surface area contributed by atoms with Crippen molar-refractivity contribution in [3.8, 4) is 57.5 Å². The number of rotatable bonds is 10. The number of aromatic nitrogens is 4. The topological polar surface area (TPSA) is 227 Å². The van der Waals surface area contributed by atoms with E-state index < -0.39 is 5.97 Å². The Balaban J connectivity index is 0.000000164. The number of carboxylic acid groups (broad SMARTS) is 1. The summed E-state index contributed by atoms with van der Waals surface area (Å²) in [5, 5.41) is 17.2. The number of carboxylic acids is 1. The minimum atomic E-state index is -0.848. The molecule has 0 atom stereocenters. The summed E-state index contributed by atoms with van der Waals surface area (Å²) in [6.07, 6.45) is 8.99. The van der Waals surface area contributed by atoms with Crippen molar-refractivity contribution in [1.29, 1.82) is 0 Å². The van der Waals surface area contributed by atoms with E-state index in [4.69, 9.17) is 69.8 Å². The van der Waals surface area contributed by atoms with Crippen molar-refractivity contribution >= 4 is 41.8 Å². The molecule has 5 N–H and O–H groups in total. The number of fused-ring (bicyclic) bond motifs is 5. The normalized spacial score (nSPS) is 12.7. The van der Waals surface area contributed by atoms with Crippen molar-refractivity contribution < 1.29 is 87.5 Å². The van der Waals surface area contributed by atoms with Gasteiger partial charge in [0, 0.05) is 67.0 Å². The van der Waals surface area contributed by atoms with Crippen LogP contribution in [0.3, 0.4) is 0 Å². The molecule has 70 heavy (non-hydrogen) atoms. The quantitative estimate of drug-likeness (QED) is 0.0742. The Bertz CT molecular complexity index is 2890. The largest absolute Gasteiger partial charge is 1.00 e. The van der Waals surface area contributed by atoms with Gasteiger partial charge < -0.3 is 78.8 Å². The van der Waals surface area contributed by atoms with Crippen LogP contribution >= 0.6 is 12.2 Å². The Kier molecular flexibility index (Phi) is 19.5. The summed E-state index contributed by atoms with van der Waals surface area (Å²) >= 11 is 4.97. The molecule has 18 nitrogen and oxygen atoms in total. The number of aliphatic carboxylic acids is 1. The molecule has 0 saturated heterocycles. The van der Waals surface area contributed by atoms with Crippen molar-refractivity contribution in [3.05, 3.63) is 154 Å². The van der Waals surface area contributed by atoms with E-state index in [-0.39, 0.29) is 64.3 Å². The van der Waals surface area contributed by atoms with Gasteiger partial charge in [-0.15, -0.1) is 0 Å². The number of carbonyl (C=O) groups excluding carboxylic acids is 1. The van der Waals surface area contributed by atoms with Crippen LogP contribution in [0.1, 0.15) is 40.6 Å². The summed E-state index contributed by atoms with van der Waals surface area (Å²) in [5.41, 5.74) is 7.24. The van der Waals surface area contributed by atoms with Crippen molar-refractivity contribution in [2.45, 2.75) is 32.1 Å². The third kappa shape index (κ3) is 14.7. The maximum atomic E-state index is 10.4. The molecule has 5 aliphatic heterocycles. The van der Waals surface area contributed by atoms with E-state index in [1.165, 1.54) is 5.56 Å². The van der Waals surface area contributed by atoms with E-state index in [2.05, 4.69) is 19.9 Å². The van der Waals surface area contributed by atoms with Gasteiger partial charge in [0.05, 0.1) is 12.7 Å². The van der Waals surface area contributed by atoms with Gasteiger partial charge in [-0.3, -0.25) is 4.79 Å². The Morgan fingerprint density at radius 2 is 0.986 bits per heavy atom. The zero-order valence-electron chi connectivity index (χ0n) is 39.0. The SMILES string of the molecule is O=C(O)Cc1ccc2c(c1)OCO2.O=CCc1ccc2c(c1)OCO2.OCCc1ccc2c(c1)OCO2.S=c1[nH]cc(Cc2ccc3c(c2)OCO3)[nH]1.[Al].[H-].[Li+].c1ncc(Cc2ccc3c(c2)OCO3)[nH]1. The average molecular weight is 982 g/mol. The monoisotopic (exact) mass is 981 g/mol. The smallest absolute Gasteiger partial charge is 1.00 e. The average Bonchev–Trinajstić information content (AvgIpc) is 4.20. The number of aliphatic hydroxyl groups excluding tert-OH is 1. The number of H-pyrrole nitrogens is 3. The first-order valence-electron chi connectivity index (χ1n) is 21.2. The number of benzene rings is 5. The molecule has 0 aliphatic carbocycles. The fourth-order valence-corrected chi connectivity index (χ4v) is 7.19. The van der Waals surface area contributed by atoms with Gasteiger partial charge in [-0.25, -0.2) is 4.98 Å². The van der Waals surface area contributed by atoms with E-state index in [1.807, 2.05) is 85.2 Å². The molecule has 0 bridgehead atoms. The second-order valence-electron chi connectivity index (χ2n) is 15.1. The maximum absolute atomic E-state index is 10.4. The van der Waals surface area contributed by atoms with Crippen LogP contribution in [0, 0.1) is 4.77 Å². The summed E-state index contributed by atoms with van der Waals surface area (Å²) in [7, 11) is 0. The molecule has 3 radical (unpaired) electrons. The first kappa shape index (κ1) is 52.3. The number of aliphatic hydroxyl groups is 1. The van der Waals surface area contributed by atoms with Crippen molar-refractivity contribution in [2.75, 3.05) is 40.6 Å². The van der Waals surface area contributed by atoms with Crippen LogP contribution < -0.4 is 66.2 Å². The predicted octanol–water partition coefficient (Wildman–Crippen LogP) is 4.01. The van der Waals surface area contributed by atoms with Gasteiger partial charge in [-0.05, 0) is 107 Å². The van der Waals surface area contributed by atoms with Crippen LogP contribution in [-0.4, -0.2) is 100 Å². The summed E-state index contributed by atoms with van der Waals surface area (Å²) < 4.78 is 52.6. The van der Waals surface area contributed by atoms with Gasteiger partial charge in [0.25, 0.3) is 0 Å². The van der Waals surface area contributed by atoms with Crippen molar-refractivity contribution in [2.24, 2.45) is 0 Å². The number of hydrogen-bond donors (Lipinski definition) is 5. The molecule has 0 amide bonds. The van der Waals surface area contributed by atoms with Gasteiger partial charge in [-0.2, -0.15) is 0 Å². The number of hydrogen-bond acceptors (Lipinski definition) is 15. The van der Waals surface area contributed by atoms with E-state index >= 15 is 0 Å². The Hall–Kier alpha value is -7.03. The van der Waals surface area contributed by atoms with Gasteiger partial charge in [0.1, 0.15) is 6.29 Å². The van der Waals surface area contributed by atoms with Crippen molar-refractivity contribution in [1.82, 2.24) is 19.9 Å². The van der Waals surface area contributed by atoms with Crippen LogP contribution in [0.5, 0.6) is 57.5 Å². The van der Waals surface area contributed by atoms with E-state index in [9.17, 15) is 9.59 Å². The Morgan fingerprint density at radius 1 is 0.586 bits per heavy atom. The number of imidazole rings is 2. The summed E-state index contributed by atoms with van der Waals surface area (Å²) in [5.74, 6) is 6.77. The Morgan fingerprint density at radius 3 is 1.40 bits per heavy atom. The zero-order chi connectivity index (χ0) is 47.1. The number of ether oxygens (including phenoxy) is 10. The number of aldehydes is 1. The van der Waals surface area contributed by atoms with Crippen LogP contribution in [0.15, 0.2) is 110 Å². The minimum Gasteiger partial charge on any atom is -1.00 e. The number of aromatic amines is 3. The molecular formula is C49H47AlLiN4O14S. The van der Waals surface area contributed by atoms with E-state index in [1.54, 1.807) is 24.5 Å². The molecule has 7 aromatic rings. The minimum absolute atomic E-state index is 0. The standard InChI is InChI=1S/C11H10N2O2S.C11H10N2O2.C9H8O4.C9H10O3.C9H8O3.Al.Li.H/c16-11-12-5-8(13-11)3-7-1-2-9-10(4-7)15-6-14-9;1-2-10-11(15-7-14-10)4-8(1)3-9-5-12-6-13-9;10-9(11)4-6-1-2-7-8(3-6)13-5-12-7;2*10-4-3-7-1-2-8-9(5-7)12-6-11-8;;;/h1-2,4-5H,3,6H2,(H2,12,13,16);1-2,4-6H,3,7H2,(H,12,13);1-3H,4-5H2,(H,10,11);1-2,5,10H,3-4,6H2;1-2,4-5H,3,6H2;;;/q;;;;;;+1;-1. The molecule has 357 valence electrons. The van der Waals surface area contributed by atoms with Gasteiger partial charge in [0.15, 0.2) is 62.3 Å². The van der Waals surface area contributed by atoms with Gasteiger partial charge >= 0.3 is 24.8 Å². The van der Waals surface area contributed by atoms with Gasteiger partial charge in [0.2, 0.25) is 34.0 Å². The molecule has 2 aromatic heterocycles. The van der Waals surface area contributed by atoms with Crippen LogP contribution in [-0.2, 0) is 41.7 Å². The van der Waals surface area contributed by atoms with Gasteiger partial charge in [-0.1, -0.05) is 30.3 Å². The molecule has 21 heteroatoms. The molecule has 12 rings (SSSR count). The fourth-order valence-electron chi connectivity index (χ4n) is 7.00. The predicted molar refractivity (Wildman–Crippen MR) is 252 cm³/mol. The third-order valence-electron chi connectivity index (χ3n) is 10.3. The fraction of sp³-hybridized carbons (Fsp3) is 0.224. The third-order valence-corrected chi connectivity index (χ3v) is 10.5. The molecule has 0 saturated carbocycles. The second kappa shape index (κ2) is 26.1. The summed E-state index contributed by atoms with van der Waals surface area (Å²) in [4.78, 5) is 33.7. The van der Waals surface area contributed by atoms with E-state index in [0.29, 0.717) is 49.5 Å². The molecule has 5 aromatic carbocycles. The van der Waals surface area contributed by atoms with Crippen LogP contribution in [0.4, 0.5) is 0 Å². The second-order valence-corrected chi connectivity index (χ2v) is 15.5. The number of nitrogens with zero attached hydrogens (tertiary/aromatic N) is 1. The number of carbonyl (C=O) groups is 2. The molecule has 7 heterocycles. The summed E-state index contributed by atoms with van der Waals surface area (Å²) in [6.45, 7) is 1.59. The Labute approximate surface area is 430 Å². The first-order chi connectivity index (χ1) is 33.3. The molecule has 0 spiro atoms.